The number of rotatable bonds is 3. The van der Waals surface area contributed by atoms with Gasteiger partial charge in [-0.3, -0.25) is 4.79 Å². The first-order valence-electron chi connectivity index (χ1n) is 8.90. The fourth-order valence-corrected chi connectivity index (χ4v) is 3.48. The second-order valence-corrected chi connectivity index (χ2v) is 8.57. The molecule has 1 aliphatic heterocycles. The number of benzene rings is 1. The van der Waals surface area contributed by atoms with E-state index in [1.165, 1.54) is 12.1 Å². The molecule has 2 amide bonds. The predicted octanol–water partition coefficient (Wildman–Crippen LogP) is 4.96. The zero-order valence-corrected chi connectivity index (χ0v) is 17.5. The van der Waals surface area contributed by atoms with E-state index in [9.17, 15) is 14.0 Å². The van der Waals surface area contributed by atoms with Gasteiger partial charge in [-0.2, -0.15) is 0 Å². The Hall–Kier alpha value is -1.53. The van der Waals surface area contributed by atoms with Crippen LogP contribution in [0.25, 0.3) is 0 Å². The summed E-state index contributed by atoms with van der Waals surface area (Å²) in [5.74, 6) is -0.942. The van der Waals surface area contributed by atoms with Gasteiger partial charge in [-0.15, -0.1) is 0 Å². The second kappa shape index (κ2) is 8.65. The van der Waals surface area contributed by atoms with Crippen LogP contribution in [-0.4, -0.2) is 35.6 Å². The number of halogens is 3. The summed E-state index contributed by atoms with van der Waals surface area (Å²) in [6, 6.07) is 2.11. The Morgan fingerprint density at radius 2 is 1.81 bits per heavy atom. The normalized spacial score (nSPS) is 16.8. The number of likely N-dealkylation sites (tertiary alicyclic amines) is 1. The first-order chi connectivity index (χ1) is 12.5. The molecule has 0 aliphatic carbocycles. The standard InChI is InChI=1S/C19H25Cl2FN2O3/c1-11(13-9-16(22)15(21)10-14(13)20)23-17(25)12-5-7-24(8-6-12)18(26)27-19(2,3)4/h9-12H,5-8H2,1-4H3,(H,23,25)/t11-/m1/s1. The number of hydrogen-bond acceptors (Lipinski definition) is 3. The number of carbonyl (C=O) groups excluding carboxylic acids is 2. The van der Waals surface area contributed by atoms with Crippen molar-refractivity contribution in [3.8, 4) is 0 Å². The van der Waals surface area contributed by atoms with Gasteiger partial charge in [0.25, 0.3) is 0 Å². The van der Waals surface area contributed by atoms with Gasteiger partial charge in [-0.05, 0) is 58.2 Å². The third-order valence-corrected chi connectivity index (χ3v) is 5.00. The smallest absolute Gasteiger partial charge is 0.410 e. The van der Waals surface area contributed by atoms with Crippen LogP contribution in [0.1, 0.15) is 52.1 Å². The number of hydrogen-bond donors (Lipinski definition) is 1. The topological polar surface area (TPSA) is 58.6 Å². The summed E-state index contributed by atoms with van der Waals surface area (Å²) in [7, 11) is 0. The van der Waals surface area contributed by atoms with Crippen molar-refractivity contribution in [1.82, 2.24) is 10.2 Å². The van der Waals surface area contributed by atoms with Gasteiger partial charge in [0.15, 0.2) is 0 Å². The molecule has 2 rings (SSSR count). The van der Waals surface area contributed by atoms with Gasteiger partial charge < -0.3 is 15.0 Å². The van der Waals surface area contributed by atoms with Gasteiger partial charge in [0.2, 0.25) is 5.91 Å². The minimum absolute atomic E-state index is 0.0585. The highest BCUT2D eigenvalue weighted by atomic mass is 35.5. The van der Waals surface area contributed by atoms with Crippen molar-refractivity contribution >= 4 is 35.2 Å². The van der Waals surface area contributed by atoms with Crippen LogP contribution in [-0.2, 0) is 9.53 Å². The van der Waals surface area contributed by atoms with E-state index < -0.39 is 17.5 Å². The van der Waals surface area contributed by atoms with Crippen molar-refractivity contribution in [3.05, 3.63) is 33.6 Å². The highest BCUT2D eigenvalue weighted by Crippen LogP contribution is 2.29. The van der Waals surface area contributed by atoms with E-state index in [2.05, 4.69) is 5.32 Å². The lowest BCUT2D eigenvalue weighted by atomic mass is 9.95. The number of nitrogens with one attached hydrogen (secondary N) is 1. The molecule has 8 heteroatoms. The molecule has 0 spiro atoms. The molecular weight excluding hydrogens is 394 g/mol. The quantitative estimate of drug-likeness (QED) is 0.705. The first-order valence-corrected chi connectivity index (χ1v) is 9.66. The largest absolute Gasteiger partial charge is 0.444 e. The van der Waals surface area contributed by atoms with Crippen LogP contribution < -0.4 is 5.32 Å². The first kappa shape index (κ1) is 21.8. The summed E-state index contributed by atoms with van der Waals surface area (Å²) >= 11 is 11.8. The van der Waals surface area contributed by atoms with E-state index in [0.717, 1.165) is 0 Å². The van der Waals surface area contributed by atoms with Crippen molar-refractivity contribution in [2.24, 2.45) is 5.92 Å². The zero-order chi connectivity index (χ0) is 20.4. The highest BCUT2D eigenvalue weighted by Gasteiger charge is 2.30. The molecule has 0 saturated carbocycles. The Labute approximate surface area is 169 Å². The van der Waals surface area contributed by atoms with E-state index in [1.807, 2.05) is 20.8 Å². The van der Waals surface area contributed by atoms with Crippen molar-refractivity contribution in [2.45, 2.75) is 52.2 Å². The molecule has 1 saturated heterocycles. The number of piperidine rings is 1. The fourth-order valence-electron chi connectivity index (χ4n) is 2.93. The molecule has 1 fully saturated rings. The summed E-state index contributed by atoms with van der Waals surface area (Å²) in [6.07, 6.45) is 0.722. The SMILES string of the molecule is C[C@@H](NC(=O)C1CCN(C(=O)OC(C)(C)C)CC1)c1cc(F)c(Cl)cc1Cl. The van der Waals surface area contributed by atoms with Gasteiger partial charge in [-0.25, -0.2) is 9.18 Å². The molecule has 1 aliphatic rings. The average Bonchev–Trinajstić information content (AvgIpc) is 2.56. The summed E-state index contributed by atoms with van der Waals surface area (Å²) < 4.78 is 19.0. The maximum Gasteiger partial charge on any atom is 0.410 e. The lowest BCUT2D eigenvalue weighted by molar-refractivity contribution is -0.127. The Balaban J connectivity index is 1.91. The molecule has 0 unspecified atom stereocenters. The van der Waals surface area contributed by atoms with Crippen LogP contribution in [0, 0.1) is 11.7 Å². The predicted molar refractivity (Wildman–Crippen MR) is 104 cm³/mol. The van der Waals surface area contributed by atoms with Crippen LogP contribution in [0.4, 0.5) is 9.18 Å². The molecule has 0 radical (unpaired) electrons. The van der Waals surface area contributed by atoms with Gasteiger partial charge in [0, 0.05) is 24.0 Å². The van der Waals surface area contributed by atoms with Crippen LogP contribution in [0.5, 0.6) is 0 Å². The Kier molecular flexibility index (Phi) is 6.98. The molecule has 1 N–H and O–H groups in total. The van der Waals surface area contributed by atoms with E-state index >= 15 is 0 Å². The minimum Gasteiger partial charge on any atom is -0.444 e. The van der Waals surface area contributed by atoms with Gasteiger partial charge in [0.05, 0.1) is 11.1 Å². The molecule has 1 atom stereocenters. The number of carbonyl (C=O) groups is 2. The Morgan fingerprint density at radius 3 is 2.37 bits per heavy atom. The van der Waals surface area contributed by atoms with Gasteiger partial charge in [-0.1, -0.05) is 23.2 Å². The number of ether oxygens (including phenoxy) is 1. The minimum atomic E-state index is -0.581. The molecule has 27 heavy (non-hydrogen) atoms. The van der Waals surface area contributed by atoms with Crippen molar-refractivity contribution in [3.63, 3.8) is 0 Å². The number of nitrogens with zero attached hydrogens (tertiary/aromatic N) is 1. The van der Waals surface area contributed by atoms with Gasteiger partial charge >= 0.3 is 6.09 Å². The van der Waals surface area contributed by atoms with Crippen LogP contribution >= 0.6 is 23.2 Å². The van der Waals surface area contributed by atoms with E-state index in [1.54, 1.807) is 11.8 Å². The maximum atomic E-state index is 13.7. The van der Waals surface area contributed by atoms with E-state index in [4.69, 9.17) is 27.9 Å². The van der Waals surface area contributed by atoms with Crippen molar-refractivity contribution in [2.75, 3.05) is 13.1 Å². The molecule has 0 aromatic heterocycles. The van der Waals surface area contributed by atoms with E-state index in [-0.39, 0.29) is 22.9 Å². The lowest BCUT2D eigenvalue weighted by Crippen LogP contribution is -2.45. The molecule has 1 aromatic rings. The Bertz CT molecular complexity index is 714. The molecule has 150 valence electrons. The third kappa shape index (κ3) is 5.98. The summed E-state index contributed by atoms with van der Waals surface area (Å²) in [5, 5.41) is 3.11. The fraction of sp³-hybridized carbons (Fsp3) is 0.579. The Morgan fingerprint density at radius 1 is 1.22 bits per heavy atom. The molecule has 1 heterocycles. The zero-order valence-electron chi connectivity index (χ0n) is 15.9. The van der Waals surface area contributed by atoms with Crippen LogP contribution in [0.2, 0.25) is 10.0 Å². The third-order valence-electron chi connectivity index (χ3n) is 4.38. The molecular formula is C19H25Cl2FN2O3. The molecule has 5 nitrogen and oxygen atoms in total. The number of amides is 2. The summed E-state index contributed by atoms with van der Waals surface area (Å²) in [4.78, 5) is 26.2. The summed E-state index contributed by atoms with van der Waals surface area (Å²) in [6.45, 7) is 8.10. The monoisotopic (exact) mass is 418 g/mol. The molecule has 1 aromatic carbocycles. The van der Waals surface area contributed by atoms with Crippen LogP contribution in [0.3, 0.4) is 0 Å². The van der Waals surface area contributed by atoms with E-state index in [0.29, 0.717) is 36.5 Å². The van der Waals surface area contributed by atoms with Gasteiger partial charge in [0.1, 0.15) is 11.4 Å². The second-order valence-electron chi connectivity index (χ2n) is 7.76. The van der Waals surface area contributed by atoms with Crippen molar-refractivity contribution < 1.29 is 18.7 Å². The highest BCUT2D eigenvalue weighted by molar-refractivity contribution is 6.35. The summed E-state index contributed by atoms with van der Waals surface area (Å²) in [5.41, 5.74) is -0.0773. The lowest BCUT2D eigenvalue weighted by Gasteiger charge is -2.33. The van der Waals surface area contributed by atoms with Crippen LogP contribution in [0.15, 0.2) is 12.1 Å². The average molecular weight is 419 g/mol. The molecule has 0 bridgehead atoms. The maximum absolute atomic E-state index is 13.7. The van der Waals surface area contributed by atoms with Crippen molar-refractivity contribution in [1.29, 1.82) is 0 Å².